The smallest absolute Gasteiger partial charge is 0.164 e. The van der Waals surface area contributed by atoms with Crippen molar-refractivity contribution in [2.75, 3.05) is 0 Å². The molecule has 0 saturated heterocycles. The number of fused-ring (bicyclic) bond motifs is 6. The number of benzene rings is 10. The van der Waals surface area contributed by atoms with Gasteiger partial charge in [0.25, 0.3) is 0 Å². The maximum Gasteiger partial charge on any atom is 0.164 e. The Hall–Kier alpha value is -8.77. The minimum absolute atomic E-state index is 0.590. The van der Waals surface area contributed by atoms with Crippen LogP contribution < -0.4 is 0 Å². The van der Waals surface area contributed by atoms with E-state index in [-0.39, 0.29) is 0 Å². The third-order valence-corrected chi connectivity index (χ3v) is 14.2. The molecule has 68 heavy (non-hydrogen) atoms. The molecule has 3 aromatic heterocycles. The van der Waals surface area contributed by atoms with Crippen LogP contribution in [0.4, 0.5) is 0 Å². The van der Waals surface area contributed by atoms with Gasteiger partial charge in [-0.1, -0.05) is 194 Å². The van der Waals surface area contributed by atoms with Crippen molar-refractivity contribution < 1.29 is 4.42 Å². The summed E-state index contributed by atoms with van der Waals surface area (Å²) in [7, 11) is 0. The number of thiophene rings is 1. The van der Waals surface area contributed by atoms with E-state index in [0.717, 1.165) is 66.4 Å². The standard InChI is InChI=1S/C63H39N3OS/c1-4-14-40(15-5-1)48-32-34-56-55(39-48)59-53(26-13-27-57(59)67-56)63-65-61(43-18-8-3-9-19-43)64-62(66-63)44-30-28-42(29-31-44)45-20-10-21-46(36-45)47-22-11-23-50(37-47)51-24-12-25-52-54-38-49(41-16-6-2-7-17-41)33-35-58(54)68-60(51)52/h1-39H. The van der Waals surface area contributed by atoms with Gasteiger partial charge >= 0.3 is 0 Å². The zero-order valence-electron chi connectivity index (χ0n) is 36.7. The van der Waals surface area contributed by atoms with E-state index in [1.54, 1.807) is 0 Å². The van der Waals surface area contributed by atoms with Crippen LogP contribution in [0.3, 0.4) is 0 Å². The topological polar surface area (TPSA) is 51.8 Å². The van der Waals surface area contributed by atoms with Gasteiger partial charge in [0.2, 0.25) is 0 Å². The zero-order valence-corrected chi connectivity index (χ0v) is 37.5. The molecular weight excluding hydrogens is 847 g/mol. The number of furan rings is 1. The minimum Gasteiger partial charge on any atom is -0.456 e. The molecule has 4 nitrogen and oxygen atoms in total. The van der Waals surface area contributed by atoms with Gasteiger partial charge < -0.3 is 4.42 Å². The Morgan fingerprint density at radius 2 is 0.735 bits per heavy atom. The quantitative estimate of drug-likeness (QED) is 0.153. The Morgan fingerprint density at radius 3 is 1.43 bits per heavy atom. The molecule has 13 aromatic rings. The summed E-state index contributed by atoms with van der Waals surface area (Å²) in [4.78, 5) is 15.4. The van der Waals surface area contributed by atoms with E-state index < -0.39 is 0 Å². The van der Waals surface area contributed by atoms with Crippen LogP contribution in [0.1, 0.15) is 0 Å². The van der Waals surface area contributed by atoms with E-state index in [2.05, 4.69) is 188 Å². The SMILES string of the molecule is c1ccc(-c2ccc3sc4c(-c5cccc(-c6cccc(-c7ccc(-c8nc(-c9ccccc9)nc(-c9cccc%10oc%11ccc(-c%12ccccc%12)cc%11c9%10)n8)cc7)c6)c5)cccc4c3c2)cc1. The van der Waals surface area contributed by atoms with Crippen molar-refractivity contribution >= 4 is 53.4 Å². The second-order valence-corrected chi connectivity index (χ2v) is 18.2. The largest absolute Gasteiger partial charge is 0.456 e. The highest BCUT2D eigenvalue weighted by Crippen LogP contribution is 2.43. The van der Waals surface area contributed by atoms with Gasteiger partial charge in [-0.25, -0.2) is 15.0 Å². The molecule has 0 spiro atoms. The fourth-order valence-electron chi connectivity index (χ4n) is 9.56. The minimum atomic E-state index is 0.590. The molecule has 10 aromatic carbocycles. The van der Waals surface area contributed by atoms with E-state index in [1.165, 1.54) is 48.0 Å². The number of hydrogen-bond donors (Lipinski definition) is 0. The third kappa shape index (κ3) is 7.14. The molecule has 0 radical (unpaired) electrons. The van der Waals surface area contributed by atoms with Crippen molar-refractivity contribution in [3.63, 3.8) is 0 Å². The lowest BCUT2D eigenvalue weighted by molar-refractivity contribution is 0.669. The number of nitrogens with zero attached hydrogens (tertiary/aromatic N) is 3. The highest BCUT2D eigenvalue weighted by atomic mass is 32.1. The molecule has 0 unspecified atom stereocenters. The van der Waals surface area contributed by atoms with Gasteiger partial charge in [0, 0.05) is 47.6 Å². The van der Waals surface area contributed by atoms with Crippen molar-refractivity contribution in [3.05, 3.63) is 237 Å². The third-order valence-electron chi connectivity index (χ3n) is 13.0. The average molecular weight is 886 g/mol. The van der Waals surface area contributed by atoms with E-state index >= 15 is 0 Å². The molecule has 0 amide bonds. The Kier molecular flexibility index (Phi) is 9.66. The van der Waals surface area contributed by atoms with Crippen LogP contribution >= 0.6 is 11.3 Å². The first-order valence-electron chi connectivity index (χ1n) is 22.8. The van der Waals surface area contributed by atoms with Gasteiger partial charge in [-0.3, -0.25) is 0 Å². The van der Waals surface area contributed by atoms with E-state index in [9.17, 15) is 0 Å². The first kappa shape index (κ1) is 39.6. The fraction of sp³-hybridized carbons (Fsp3) is 0. The maximum atomic E-state index is 6.42. The molecule has 0 aliphatic rings. The summed E-state index contributed by atoms with van der Waals surface area (Å²) >= 11 is 1.87. The summed E-state index contributed by atoms with van der Waals surface area (Å²) < 4.78 is 9.03. The molecule has 0 aliphatic heterocycles. The molecular formula is C63H39N3OS. The van der Waals surface area contributed by atoms with Crippen LogP contribution in [0, 0.1) is 0 Å². The lowest BCUT2D eigenvalue weighted by Crippen LogP contribution is -2.00. The highest BCUT2D eigenvalue weighted by Gasteiger charge is 2.19. The van der Waals surface area contributed by atoms with Gasteiger partial charge in [-0.15, -0.1) is 11.3 Å². The molecule has 0 aliphatic carbocycles. The molecule has 318 valence electrons. The van der Waals surface area contributed by atoms with Gasteiger partial charge in [0.05, 0.1) is 0 Å². The summed E-state index contributed by atoms with van der Waals surface area (Å²) in [6.07, 6.45) is 0. The number of hydrogen-bond acceptors (Lipinski definition) is 5. The first-order valence-corrected chi connectivity index (χ1v) is 23.6. The monoisotopic (exact) mass is 885 g/mol. The predicted octanol–water partition coefficient (Wildman–Crippen LogP) is 17.5. The zero-order chi connectivity index (χ0) is 45.0. The first-order chi connectivity index (χ1) is 33.7. The van der Waals surface area contributed by atoms with Crippen molar-refractivity contribution in [1.29, 1.82) is 0 Å². The molecule has 0 saturated carbocycles. The summed E-state index contributed by atoms with van der Waals surface area (Å²) in [5, 5.41) is 4.59. The Balaban J connectivity index is 0.842. The molecule has 5 heteroatoms. The van der Waals surface area contributed by atoms with Crippen molar-refractivity contribution in [2.45, 2.75) is 0 Å². The van der Waals surface area contributed by atoms with Gasteiger partial charge in [0.15, 0.2) is 17.5 Å². The predicted molar refractivity (Wildman–Crippen MR) is 283 cm³/mol. The summed E-state index contributed by atoms with van der Waals surface area (Å²) in [6.45, 7) is 0. The summed E-state index contributed by atoms with van der Waals surface area (Å²) in [5.41, 5.74) is 16.1. The lowest BCUT2D eigenvalue weighted by Gasteiger charge is -2.11. The average Bonchev–Trinajstić information content (AvgIpc) is 4.00. The summed E-state index contributed by atoms with van der Waals surface area (Å²) in [5.74, 6) is 1.80. The van der Waals surface area contributed by atoms with Crippen molar-refractivity contribution in [3.8, 4) is 89.8 Å². The van der Waals surface area contributed by atoms with E-state index in [0.29, 0.717) is 17.5 Å². The van der Waals surface area contributed by atoms with Gasteiger partial charge in [0.1, 0.15) is 11.2 Å². The van der Waals surface area contributed by atoms with Crippen LogP contribution in [-0.4, -0.2) is 15.0 Å². The highest BCUT2D eigenvalue weighted by molar-refractivity contribution is 7.26. The van der Waals surface area contributed by atoms with Crippen molar-refractivity contribution in [1.82, 2.24) is 15.0 Å². The molecule has 0 bridgehead atoms. The molecule has 0 fully saturated rings. The molecule has 0 atom stereocenters. The maximum absolute atomic E-state index is 6.42. The van der Waals surface area contributed by atoms with Crippen LogP contribution in [0.25, 0.3) is 132 Å². The van der Waals surface area contributed by atoms with E-state index in [4.69, 9.17) is 19.4 Å². The molecule has 3 heterocycles. The van der Waals surface area contributed by atoms with Crippen LogP contribution in [0.15, 0.2) is 241 Å². The summed E-state index contributed by atoms with van der Waals surface area (Å²) in [6, 6.07) is 83.5. The number of rotatable bonds is 8. The van der Waals surface area contributed by atoms with Crippen LogP contribution in [-0.2, 0) is 0 Å². The molecule has 0 N–H and O–H groups in total. The van der Waals surface area contributed by atoms with E-state index in [1.807, 2.05) is 59.9 Å². The second-order valence-electron chi connectivity index (χ2n) is 17.1. The van der Waals surface area contributed by atoms with Gasteiger partial charge in [-0.05, 0) is 98.1 Å². The second kappa shape index (κ2) is 16.6. The fourth-order valence-corrected chi connectivity index (χ4v) is 10.8. The van der Waals surface area contributed by atoms with Crippen molar-refractivity contribution in [2.24, 2.45) is 0 Å². The Morgan fingerprint density at radius 1 is 0.279 bits per heavy atom. The molecule has 13 rings (SSSR count). The van der Waals surface area contributed by atoms with Gasteiger partial charge in [-0.2, -0.15) is 0 Å². The Labute approximate surface area is 397 Å². The number of aromatic nitrogens is 3. The lowest BCUT2D eigenvalue weighted by atomic mass is 9.95. The Bertz CT molecular complexity index is 4010. The van der Waals surface area contributed by atoms with Crippen LogP contribution in [0.2, 0.25) is 0 Å². The van der Waals surface area contributed by atoms with Crippen LogP contribution in [0.5, 0.6) is 0 Å². The normalized spacial score (nSPS) is 11.5.